The van der Waals surface area contributed by atoms with Crippen molar-refractivity contribution in [3.8, 4) is 17.2 Å². The van der Waals surface area contributed by atoms with E-state index in [0.29, 0.717) is 30.3 Å². The SMILES string of the molecule is CCCNC(=O)CN1C[C@@H](c2ccc3c(c2)OCO3)[C@H](C(=O)O)[C@H]1c1ccc(OC)cc1. The first-order valence-electron chi connectivity index (χ1n) is 10.8. The summed E-state index contributed by atoms with van der Waals surface area (Å²) in [5.74, 6) is -0.0901. The number of aliphatic carboxylic acids is 1. The van der Waals surface area contributed by atoms with Crippen LogP contribution in [0.15, 0.2) is 42.5 Å². The molecule has 1 fully saturated rings. The molecule has 0 radical (unpaired) electrons. The van der Waals surface area contributed by atoms with Gasteiger partial charge < -0.3 is 24.6 Å². The van der Waals surface area contributed by atoms with Gasteiger partial charge in [0.2, 0.25) is 12.7 Å². The van der Waals surface area contributed by atoms with E-state index in [1.807, 2.05) is 54.3 Å². The van der Waals surface area contributed by atoms with Crippen molar-refractivity contribution < 1.29 is 28.9 Å². The zero-order chi connectivity index (χ0) is 22.7. The van der Waals surface area contributed by atoms with Gasteiger partial charge >= 0.3 is 5.97 Å². The lowest BCUT2D eigenvalue weighted by atomic mass is 9.82. The van der Waals surface area contributed by atoms with Gasteiger partial charge in [-0.25, -0.2) is 0 Å². The first kappa shape index (κ1) is 22.0. The van der Waals surface area contributed by atoms with Gasteiger partial charge in [0.15, 0.2) is 11.5 Å². The highest BCUT2D eigenvalue weighted by Gasteiger charge is 2.48. The maximum Gasteiger partial charge on any atom is 0.309 e. The molecule has 3 atom stereocenters. The molecular formula is C24H28N2O6. The fourth-order valence-corrected chi connectivity index (χ4v) is 4.58. The van der Waals surface area contributed by atoms with Crippen molar-refractivity contribution in [1.29, 1.82) is 0 Å². The van der Waals surface area contributed by atoms with E-state index in [9.17, 15) is 14.7 Å². The number of amides is 1. The zero-order valence-corrected chi connectivity index (χ0v) is 18.2. The maximum absolute atomic E-state index is 12.6. The average molecular weight is 440 g/mol. The van der Waals surface area contributed by atoms with Crippen LogP contribution in [-0.2, 0) is 9.59 Å². The minimum absolute atomic E-state index is 0.110. The number of ether oxygens (including phenoxy) is 3. The lowest BCUT2D eigenvalue weighted by molar-refractivity contribution is -0.143. The highest BCUT2D eigenvalue weighted by atomic mass is 16.7. The Morgan fingerprint density at radius 2 is 1.84 bits per heavy atom. The summed E-state index contributed by atoms with van der Waals surface area (Å²) in [4.78, 5) is 27.0. The number of likely N-dealkylation sites (tertiary alicyclic amines) is 1. The second-order valence-electron chi connectivity index (χ2n) is 8.08. The summed E-state index contributed by atoms with van der Waals surface area (Å²) in [6.45, 7) is 3.30. The van der Waals surface area contributed by atoms with Gasteiger partial charge in [0, 0.05) is 25.0 Å². The number of carboxylic acids is 1. The Labute approximate surface area is 187 Å². The van der Waals surface area contributed by atoms with Crippen LogP contribution in [0.4, 0.5) is 0 Å². The molecule has 2 heterocycles. The number of nitrogens with zero attached hydrogens (tertiary/aromatic N) is 1. The highest BCUT2D eigenvalue weighted by Crippen LogP contribution is 2.47. The standard InChI is InChI=1S/C24H28N2O6/c1-3-10-25-21(27)13-26-12-18(16-6-9-19-20(11-16)32-14-31-19)22(24(28)29)23(26)15-4-7-17(30-2)8-5-15/h4-9,11,18,22-23H,3,10,12-14H2,1-2H3,(H,25,27)(H,28,29)/t18-,22-,23+/m0/s1. The molecule has 0 bridgehead atoms. The summed E-state index contributed by atoms with van der Waals surface area (Å²) in [5, 5.41) is 13.2. The number of benzene rings is 2. The molecule has 0 aliphatic carbocycles. The van der Waals surface area contributed by atoms with Crippen molar-refractivity contribution >= 4 is 11.9 Å². The van der Waals surface area contributed by atoms with Gasteiger partial charge in [0.25, 0.3) is 0 Å². The number of methoxy groups -OCH3 is 1. The van der Waals surface area contributed by atoms with E-state index in [1.54, 1.807) is 7.11 Å². The predicted octanol–water partition coefficient (Wildman–Crippen LogP) is 2.79. The molecule has 2 aliphatic heterocycles. The molecule has 0 spiro atoms. The normalized spacial score (nSPS) is 22.0. The molecule has 0 aromatic heterocycles. The Bertz CT molecular complexity index is 977. The zero-order valence-electron chi connectivity index (χ0n) is 18.2. The molecule has 2 aliphatic rings. The Kier molecular flexibility index (Phi) is 6.50. The molecular weight excluding hydrogens is 412 g/mol. The summed E-state index contributed by atoms with van der Waals surface area (Å²) in [6.07, 6.45) is 0.839. The molecule has 8 nitrogen and oxygen atoms in total. The van der Waals surface area contributed by atoms with Gasteiger partial charge in [-0.3, -0.25) is 14.5 Å². The molecule has 1 amide bonds. The van der Waals surface area contributed by atoms with Gasteiger partial charge in [0.1, 0.15) is 5.75 Å². The highest BCUT2D eigenvalue weighted by molar-refractivity contribution is 5.79. The van der Waals surface area contributed by atoms with Crippen LogP contribution < -0.4 is 19.5 Å². The smallest absolute Gasteiger partial charge is 0.309 e. The van der Waals surface area contributed by atoms with E-state index in [4.69, 9.17) is 14.2 Å². The summed E-state index contributed by atoms with van der Waals surface area (Å²) in [7, 11) is 1.59. The summed E-state index contributed by atoms with van der Waals surface area (Å²) >= 11 is 0. The topological polar surface area (TPSA) is 97.3 Å². The van der Waals surface area contributed by atoms with Crippen LogP contribution in [-0.4, -0.2) is 55.4 Å². The van der Waals surface area contributed by atoms with Crippen LogP contribution in [0.2, 0.25) is 0 Å². The molecule has 8 heteroatoms. The number of rotatable bonds is 8. The van der Waals surface area contributed by atoms with Crippen LogP contribution in [0, 0.1) is 5.92 Å². The Balaban J connectivity index is 1.69. The van der Waals surface area contributed by atoms with Gasteiger partial charge in [-0.15, -0.1) is 0 Å². The third-order valence-electron chi connectivity index (χ3n) is 6.08. The molecule has 0 unspecified atom stereocenters. The molecule has 1 saturated heterocycles. The number of hydrogen-bond acceptors (Lipinski definition) is 6. The minimum Gasteiger partial charge on any atom is -0.497 e. The van der Waals surface area contributed by atoms with Crippen LogP contribution in [0.3, 0.4) is 0 Å². The van der Waals surface area contributed by atoms with Crippen molar-refractivity contribution in [2.75, 3.05) is 33.5 Å². The fourth-order valence-electron chi connectivity index (χ4n) is 4.58. The van der Waals surface area contributed by atoms with Gasteiger partial charge in [-0.1, -0.05) is 25.1 Å². The summed E-state index contributed by atoms with van der Waals surface area (Å²) < 4.78 is 16.2. The first-order valence-corrected chi connectivity index (χ1v) is 10.8. The molecule has 2 aromatic rings. The van der Waals surface area contributed by atoms with E-state index in [-0.39, 0.29) is 25.2 Å². The number of carbonyl (C=O) groups excluding carboxylic acids is 1. The van der Waals surface area contributed by atoms with Crippen LogP contribution in [0.1, 0.15) is 36.4 Å². The Hall–Kier alpha value is -3.26. The van der Waals surface area contributed by atoms with E-state index < -0.39 is 17.9 Å². The average Bonchev–Trinajstić information content (AvgIpc) is 3.42. The van der Waals surface area contributed by atoms with Crippen molar-refractivity contribution in [1.82, 2.24) is 10.2 Å². The maximum atomic E-state index is 12.6. The molecule has 0 saturated carbocycles. The first-order chi connectivity index (χ1) is 15.5. The van der Waals surface area contributed by atoms with Crippen molar-refractivity contribution in [2.24, 2.45) is 5.92 Å². The monoisotopic (exact) mass is 440 g/mol. The molecule has 4 rings (SSSR count). The third kappa shape index (κ3) is 4.36. The Morgan fingerprint density at radius 3 is 2.53 bits per heavy atom. The number of carboxylic acid groups (broad SMARTS) is 1. The van der Waals surface area contributed by atoms with E-state index >= 15 is 0 Å². The van der Waals surface area contributed by atoms with Crippen LogP contribution >= 0.6 is 0 Å². The predicted molar refractivity (Wildman–Crippen MR) is 117 cm³/mol. The van der Waals surface area contributed by atoms with Crippen molar-refractivity contribution in [3.63, 3.8) is 0 Å². The number of carbonyl (C=O) groups is 2. The Morgan fingerprint density at radius 1 is 1.12 bits per heavy atom. The lowest BCUT2D eigenvalue weighted by Crippen LogP contribution is -2.38. The number of fused-ring (bicyclic) bond motifs is 1. The van der Waals surface area contributed by atoms with Crippen LogP contribution in [0.25, 0.3) is 0 Å². The fraction of sp³-hybridized carbons (Fsp3) is 0.417. The summed E-state index contributed by atoms with van der Waals surface area (Å²) in [6, 6.07) is 12.5. The second-order valence-corrected chi connectivity index (χ2v) is 8.08. The second kappa shape index (κ2) is 9.48. The third-order valence-corrected chi connectivity index (χ3v) is 6.08. The summed E-state index contributed by atoms with van der Waals surface area (Å²) in [5.41, 5.74) is 1.70. The van der Waals surface area contributed by atoms with Gasteiger partial charge in [-0.2, -0.15) is 0 Å². The minimum atomic E-state index is -0.898. The largest absolute Gasteiger partial charge is 0.497 e. The van der Waals surface area contributed by atoms with Crippen molar-refractivity contribution in [2.45, 2.75) is 25.3 Å². The molecule has 170 valence electrons. The quantitative estimate of drug-likeness (QED) is 0.651. The van der Waals surface area contributed by atoms with E-state index in [1.165, 1.54) is 0 Å². The molecule has 2 N–H and O–H groups in total. The van der Waals surface area contributed by atoms with Gasteiger partial charge in [0.05, 0.1) is 19.6 Å². The molecule has 2 aromatic carbocycles. The van der Waals surface area contributed by atoms with Gasteiger partial charge in [-0.05, 0) is 41.8 Å². The van der Waals surface area contributed by atoms with Crippen LogP contribution in [0.5, 0.6) is 17.2 Å². The van der Waals surface area contributed by atoms with Crippen molar-refractivity contribution in [3.05, 3.63) is 53.6 Å². The van der Waals surface area contributed by atoms with E-state index in [0.717, 1.165) is 17.5 Å². The molecule has 32 heavy (non-hydrogen) atoms. The lowest BCUT2D eigenvalue weighted by Gasteiger charge is -2.27. The van der Waals surface area contributed by atoms with E-state index in [2.05, 4.69) is 5.32 Å². The number of hydrogen-bond donors (Lipinski definition) is 2. The number of nitrogens with one attached hydrogen (secondary N) is 1.